The number of nitrogens with one attached hydrogen (secondary N) is 2. The fourth-order valence-electron chi connectivity index (χ4n) is 3.68. The molecule has 1 amide bonds. The van der Waals surface area contributed by atoms with Crippen LogP contribution in [0.15, 0.2) is 23.2 Å². The zero-order chi connectivity index (χ0) is 20.5. The van der Waals surface area contributed by atoms with Crippen LogP contribution < -0.4 is 15.4 Å². The molecule has 8 heteroatoms. The molecule has 1 aromatic rings. The monoisotopic (exact) mass is 530 g/mol. The van der Waals surface area contributed by atoms with E-state index in [2.05, 4.69) is 40.7 Å². The number of hydrogen-bond acceptors (Lipinski definition) is 4. The molecule has 0 radical (unpaired) electrons. The predicted octanol–water partition coefficient (Wildman–Crippen LogP) is 2.71. The molecule has 1 unspecified atom stereocenters. The van der Waals surface area contributed by atoms with Crippen LogP contribution in [0.3, 0.4) is 0 Å². The fraction of sp³-hybridized carbons (Fsp3) is 0.636. The number of carbonyl (C=O) groups is 1. The van der Waals surface area contributed by atoms with E-state index in [4.69, 9.17) is 9.47 Å². The van der Waals surface area contributed by atoms with Crippen molar-refractivity contribution < 1.29 is 14.3 Å². The third-order valence-electron chi connectivity index (χ3n) is 5.51. The van der Waals surface area contributed by atoms with E-state index in [1.165, 1.54) is 12.0 Å². The number of piperidine rings is 1. The van der Waals surface area contributed by atoms with Crippen molar-refractivity contribution in [3.05, 3.63) is 29.3 Å². The number of rotatable bonds is 7. The van der Waals surface area contributed by atoms with Crippen molar-refractivity contribution in [1.29, 1.82) is 0 Å². The SMILES string of the molecule is CN=C(NCC(=O)N1CCCCC1)NCc1ccc(C)cc1OCC1CCOC1.I. The number of hydrogen-bond donors (Lipinski definition) is 2. The molecule has 0 aliphatic carbocycles. The van der Waals surface area contributed by atoms with Gasteiger partial charge in [-0.1, -0.05) is 12.1 Å². The van der Waals surface area contributed by atoms with E-state index in [0.29, 0.717) is 25.0 Å². The molecule has 2 aliphatic heterocycles. The maximum absolute atomic E-state index is 12.3. The second-order valence-corrected chi connectivity index (χ2v) is 7.87. The van der Waals surface area contributed by atoms with Crippen LogP contribution in [0.2, 0.25) is 0 Å². The smallest absolute Gasteiger partial charge is 0.241 e. The van der Waals surface area contributed by atoms with Gasteiger partial charge in [0.15, 0.2) is 5.96 Å². The lowest BCUT2D eigenvalue weighted by molar-refractivity contribution is -0.130. The summed E-state index contributed by atoms with van der Waals surface area (Å²) in [6.07, 6.45) is 4.47. The third-order valence-corrected chi connectivity index (χ3v) is 5.51. The Morgan fingerprint density at radius 1 is 1.27 bits per heavy atom. The largest absolute Gasteiger partial charge is 0.493 e. The minimum absolute atomic E-state index is 0. The van der Waals surface area contributed by atoms with Crippen molar-refractivity contribution >= 4 is 35.8 Å². The zero-order valence-electron chi connectivity index (χ0n) is 18.1. The lowest BCUT2D eigenvalue weighted by Crippen LogP contribution is -2.45. The van der Waals surface area contributed by atoms with Crippen LogP contribution in [-0.2, 0) is 16.1 Å². The van der Waals surface area contributed by atoms with Crippen LogP contribution in [0.1, 0.15) is 36.8 Å². The molecule has 2 aliphatic rings. The van der Waals surface area contributed by atoms with Crippen LogP contribution >= 0.6 is 24.0 Å². The Bertz CT molecular complexity index is 702. The van der Waals surface area contributed by atoms with E-state index >= 15 is 0 Å². The van der Waals surface area contributed by atoms with Gasteiger partial charge < -0.3 is 25.0 Å². The standard InChI is InChI=1S/C22H34N4O3.HI/c1-17-6-7-19(20(12-17)29-16-18-8-11-28-15-18)13-24-22(23-2)25-14-21(27)26-9-4-3-5-10-26;/h6-7,12,18H,3-5,8-11,13-16H2,1-2H3,(H2,23,24,25);1H. The highest BCUT2D eigenvalue weighted by Gasteiger charge is 2.18. The predicted molar refractivity (Wildman–Crippen MR) is 130 cm³/mol. The molecule has 30 heavy (non-hydrogen) atoms. The second-order valence-electron chi connectivity index (χ2n) is 7.87. The van der Waals surface area contributed by atoms with Crippen molar-refractivity contribution in [2.45, 2.75) is 39.2 Å². The number of likely N-dealkylation sites (tertiary alicyclic amines) is 1. The highest BCUT2D eigenvalue weighted by Crippen LogP contribution is 2.22. The maximum Gasteiger partial charge on any atom is 0.241 e. The van der Waals surface area contributed by atoms with Gasteiger partial charge in [-0.2, -0.15) is 0 Å². The summed E-state index contributed by atoms with van der Waals surface area (Å²) >= 11 is 0. The Kier molecular flexibility index (Phi) is 10.7. The van der Waals surface area contributed by atoms with Gasteiger partial charge in [-0.15, -0.1) is 24.0 Å². The van der Waals surface area contributed by atoms with Crippen LogP contribution in [0.5, 0.6) is 5.75 Å². The summed E-state index contributed by atoms with van der Waals surface area (Å²) < 4.78 is 11.5. The second kappa shape index (κ2) is 13.0. The Morgan fingerprint density at radius 3 is 2.77 bits per heavy atom. The average Bonchev–Trinajstić information content (AvgIpc) is 3.27. The van der Waals surface area contributed by atoms with E-state index in [1.807, 2.05) is 4.90 Å². The van der Waals surface area contributed by atoms with Crippen molar-refractivity contribution in [3.8, 4) is 5.75 Å². The number of nitrogens with zero attached hydrogens (tertiary/aromatic N) is 2. The zero-order valence-corrected chi connectivity index (χ0v) is 20.4. The summed E-state index contributed by atoms with van der Waals surface area (Å²) in [5.41, 5.74) is 2.24. The molecule has 0 bridgehead atoms. The molecule has 0 spiro atoms. The van der Waals surface area contributed by atoms with Gasteiger partial charge in [0.2, 0.25) is 5.91 Å². The number of aryl methyl sites for hydroxylation is 1. The molecule has 2 heterocycles. The highest BCUT2D eigenvalue weighted by molar-refractivity contribution is 14.0. The molecule has 3 rings (SSSR count). The van der Waals surface area contributed by atoms with Gasteiger partial charge in [-0.3, -0.25) is 9.79 Å². The van der Waals surface area contributed by atoms with Gasteiger partial charge in [-0.25, -0.2) is 0 Å². The molecule has 0 aromatic heterocycles. The van der Waals surface area contributed by atoms with Gasteiger partial charge in [0, 0.05) is 44.8 Å². The number of benzene rings is 1. The molecule has 1 atom stereocenters. The normalized spacial score (nSPS) is 19.2. The number of halogens is 1. The van der Waals surface area contributed by atoms with E-state index < -0.39 is 0 Å². The number of guanidine groups is 1. The highest BCUT2D eigenvalue weighted by atomic mass is 127. The van der Waals surface area contributed by atoms with E-state index in [9.17, 15) is 4.79 Å². The summed E-state index contributed by atoms with van der Waals surface area (Å²) in [7, 11) is 1.72. The molecular weight excluding hydrogens is 495 g/mol. The van der Waals surface area contributed by atoms with Crippen molar-refractivity contribution in [2.24, 2.45) is 10.9 Å². The lowest BCUT2D eigenvalue weighted by atomic mass is 10.1. The number of ether oxygens (including phenoxy) is 2. The van der Waals surface area contributed by atoms with Crippen LogP contribution in [0.25, 0.3) is 0 Å². The first-order valence-corrected chi connectivity index (χ1v) is 10.7. The summed E-state index contributed by atoms with van der Waals surface area (Å²) in [4.78, 5) is 18.5. The fourth-order valence-corrected chi connectivity index (χ4v) is 3.68. The topological polar surface area (TPSA) is 75.2 Å². The van der Waals surface area contributed by atoms with E-state index in [0.717, 1.165) is 56.9 Å². The molecule has 7 nitrogen and oxygen atoms in total. The van der Waals surface area contributed by atoms with Gasteiger partial charge >= 0.3 is 0 Å². The third kappa shape index (κ3) is 7.61. The van der Waals surface area contributed by atoms with Crippen LogP contribution in [0, 0.1) is 12.8 Å². The molecule has 1 aromatic carbocycles. The molecule has 0 saturated carbocycles. The molecule has 2 fully saturated rings. The summed E-state index contributed by atoms with van der Waals surface area (Å²) in [6.45, 7) is 6.91. The van der Waals surface area contributed by atoms with E-state index in [-0.39, 0.29) is 36.4 Å². The summed E-state index contributed by atoms with van der Waals surface area (Å²) in [6, 6.07) is 6.23. The van der Waals surface area contributed by atoms with Gasteiger partial charge in [-0.05, 0) is 44.2 Å². The Morgan fingerprint density at radius 2 is 2.07 bits per heavy atom. The minimum atomic E-state index is 0. The molecule has 168 valence electrons. The molecule has 2 saturated heterocycles. The van der Waals surface area contributed by atoms with E-state index in [1.54, 1.807) is 7.05 Å². The Hall–Kier alpha value is -1.55. The first-order chi connectivity index (χ1) is 14.2. The quantitative estimate of drug-likeness (QED) is 0.322. The molecule has 2 N–H and O–H groups in total. The van der Waals surface area contributed by atoms with Crippen LogP contribution in [-0.4, -0.2) is 63.3 Å². The number of carbonyl (C=O) groups excluding carboxylic acids is 1. The average molecular weight is 530 g/mol. The lowest BCUT2D eigenvalue weighted by Gasteiger charge is -2.27. The summed E-state index contributed by atoms with van der Waals surface area (Å²) in [5, 5.41) is 6.43. The van der Waals surface area contributed by atoms with Crippen molar-refractivity contribution in [3.63, 3.8) is 0 Å². The first-order valence-electron chi connectivity index (χ1n) is 10.7. The Labute approximate surface area is 197 Å². The molecular formula is C22H35IN4O3. The van der Waals surface area contributed by atoms with Crippen molar-refractivity contribution in [1.82, 2.24) is 15.5 Å². The van der Waals surface area contributed by atoms with Crippen molar-refractivity contribution in [2.75, 3.05) is 46.5 Å². The van der Waals surface area contributed by atoms with Gasteiger partial charge in [0.05, 0.1) is 19.8 Å². The minimum Gasteiger partial charge on any atom is -0.493 e. The number of aliphatic imine (C=N–C) groups is 1. The first kappa shape index (κ1) is 24.7. The Balaban J connectivity index is 0.00000320. The van der Waals surface area contributed by atoms with Gasteiger partial charge in [0.1, 0.15) is 5.75 Å². The number of amides is 1. The maximum atomic E-state index is 12.3. The van der Waals surface area contributed by atoms with Crippen LogP contribution in [0.4, 0.5) is 0 Å². The summed E-state index contributed by atoms with van der Waals surface area (Å²) in [5.74, 6) is 2.10. The van der Waals surface area contributed by atoms with Gasteiger partial charge in [0.25, 0.3) is 0 Å².